The van der Waals surface area contributed by atoms with Crippen molar-refractivity contribution < 1.29 is 19.2 Å². The van der Waals surface area contributed by atoms with Gasteiger partial charge in [-0.25, -0.2) is 9.67 Å². The molecule has 0 fully saturated rings. The predicted molar refractivity (Wildman–Crippen MR) is 132 cm³/mol. The zero-order valence-corrected chi connectivity index (χ0v) is 20.5. The molecule has 10 heteroatoms. The monoisotopic (exact) mass is 508 g/mol. The molecule has 2 aromatic carbocycles. The number of ketones is 1. The summed E-state index contributed by atoms with van der Waals surface area (Å²) < 4.78 is 1.66. The molecule has 0 unspecified atom stereocenters. The largest absolute Gasteiger partial charge is 0.373 e. The number of carbonyl (C=O) groups excluding carboxylic acids is 4. The van der Waals surface area contributed by atoms with E-state index in [1.807, 2.05) is 32.0 Å². The minimum atomic E-state index is -0.185. The second-order valence-corrected chi connectivity index (χ2v) is 9.18. The average Bonchev–Trinajstić information content (AvgIpc) is 3.41. The standard InChI is InChI=1S/C24H21ClN4O2S.CO2/c1-15-16(2)32-24(27-15)12-22(30)18-6-5-7-19(11-18)29-14-17(13-26-29)10-23(31)28-21-9-4-3-8-20(21)25;2-1-3/h3-9,11,13-14H,10,12H2,1-2H3,(H,28,31);. The van der Waals surface area contributed by atoms with Gasteiger partial charge in [0, 0.05) is 16.6 Å². The zero-order chi connectivity index (χ0) is 25.4. The number of anilines is 1. The average molecular weight is 509 g/mol. The number of nitrogens with one attached hydrogen (secondary N) is 1. The van der Waals surface area contributed by atoms with Crippen molar-refractivity contribution in [3.05, 3.63) is 92.7 Å². The Morgan fingerprint density at radius 3 is 2.51 bits per heavy atom. The van der Waals surface area contributed by atoms with Gasteiger partial charge in [0.1, 0.15) is 5.01 Å². The van der Waals surface area contributed by atoms with Crippen LogP contribution in [0.2, 0.25) is 5.02 Å². The van der Waals surface area contributed by atoms with Crippen LogP contribution in [0.25, 0.3) is 5.69 Å². The molecule has 0 aliphatic carbocycles. The number of hydrogen-bond donors (Lipinski definition) is 1. The molecule has 0 aliphatic rings. The molecule has 0 aliphatic heterocycles. The van der Waals surface area contributed by atoms with E-state index < -0.39 is 0 Å². The number of halogens is 1. The van der Waals surface area contributed by atoms with Crippen LogP contribution in [-0.4, -0.2) is 32.6 Å². The van der Waals surface area contributed by atoms with Gasteiger partial charge in [0.25, 0.3) is 0 Å². The molecule has 35 heavy (non-hydrogen) atoms. The van der Waals surface area contributed by atoms with Gasteiger partial charge in [-0.2, -0.15) is 14.7 Å². The van der Waals surface area contributed by atoms with Crippen LogP contribution in [0.15, 0.2) is 60.9 Å². The zero-order valence-electron chi connectivity index (χ0n) is 18.9. The summed E-state index contributed by atoms with van der Waals surface area (Å²) >= 11 is 7.65. The van der Waals surface area contributed by atoms with Gasteiger partial charge in [0.15, 0.2) is 5.78 Å². The summed E-state index contributed by atoms with van der Waals surface area (Å²) in [6, 6.07) is 14.4. The summed E-state index contributed by atoms with van der Waals surface area (Å²) in [6.45, 7) is 3.95. The molecule has 0 saturated carbocycles. The fourth-order valence-corrected chi connectivity index (χ4v) is 4.33. The quantitative estimate of drug-likeness (QED) is 0.364. The maximum atomic E-state index is 12.7. The Labute approximate surface area is 210 Å². The molecule has 2 aromatic heterocycles. The minimum Gasteiger partial charge on any atom is -0.324 e. The molecule has 0 spiro atoms. The Balaban J connectivity index is 0.00000108. The van der Waals surface area contributed by atoms with Crippen LogP contribution in [0, 0.1) is 13.8 Å². The van der Waals surface area contributed by atoms with Crippen LogP contribution in [-0.2, 0) is 27.2 Å². The number of aryl methyl sites for hydroxylation is 2. The molecule has 1 amide bonds. The highest BCUT2D eigenvalue weighted by molar-refractivity contribution is 7.11. The van der Waals surface area contributed by atoms with Gasteiger partial charge in [0.2, 0.25) is 5.91 Å². The van der Waals surface area contributed by atoms with Crippen molar-refractivity contribution in [2.75, 3.05) is 5.32 Å². The number of carbonyl (C=O) groups is 2. The van der Waals surface area contributed by atoms with Gasteiger partial charge in [-0.15, -0.1) is 11.3 Å². The Kier molecular flexibility index (Phi) is 8.80. The molecular formula is C25H21ClN4O4S. The molecule has 0 bridgehead atoms. The SMILES string of the molecule is Cc1nc(CC(=O)c2cccc(-n3cc(CC(=O)Nc4ccccc4Cl)cn3)c2)sc1C.O=C=O. The van der Waals surface area contributed by atoms with Crippen molar-refractivity contribution >= 4 is 46.5 Å². The van der Waals surface area contributed by atoms with E-state index in [-0.39, 0.29) is 30.7 Å². The smallest absolute Gasteiger partial charge is 0.324 e. The summed E-state index contributed by atoms with van der Waals surface area (Å²) in [5.41, 5.74) is 3.64. The maximum absolute atomic E-state index is 12.7. The lowest BCUT2D eigenvalue weighted by atomic mass is 10.1. The summed E-state index contributed by atoms with van der Waals surface area (Å²) in [4.78, 5) is 46.9. The first-order valence-corrected chi connectivity index (χ1v) is 11.6. The van der Waals surface area contributed by atoms with E-state index in [4.69, 9.17) is 21.2 Å². The van der Waals surface area contributed by atoms with E-state index in [0.717, 1.165) is 26.8 Å². The van der Waals surface area contributed by atoms with Crippen LogP contribution in [0.5, 0.6) is 0 Å². The van der Waals surface area contributed by atoms with Crippen LogP contribution in [0.3, 0.4) is 0 Å². The molecule has 0 atom stereocenters. The number of rotatable bonds is 7. The van der Waals surface area contributed by atoms with E-state index in [1.165, 1.54) is 0 Å². The van der Waals surface area contributed by atoms with E-state index in [0.29, 0.717) is 16.3 Å². The molecule has 8 nitrogen and oxygen atoms in total. The fourth-order valence-electron chi connectivity index (χ4n) is 3.21. The maximum Gasteiger partial charge on any atom is 0.373 e. The molecule has 2 heterocycles. The van der Waals surface area contributed by atoms with Gasteiger partial charge >= 0.3 is 6.15 Å². The van der Waals surface area contributed by atoms with Gasteiger partial charge in [-0.3, -0.25) is 9.59 Å². The topological polar surface area (TPSA) is 111 Å². The van der Waals surface area contributed by atoms with Crippen molar-refractivity contribution in [3.63, 3.8) is 0 Å². The van der Waals surface area contributed by atoms with Gasteiger partial charge in [-0.05, 0) is 43.7 Å². The summed E-state index contributed by atoms with van der Waals surface area (Å²) in [7, 11) is 0. The first kappa shape index (κ1) is 25.7. The number of amides is 1. The van der Waals surface area contributed by atoms with Crippen molar-refractivity contribution in [2.45, 2.75) is 26.7 Å². The Morgan fingerprint density at radius 2 is 1.83 bits per heavy atom. The number of benzene rings is 2. The number of thiazole rings is 1. The third-order valence-corrected chi connectivity index (χ3v) is 6.37. The lowest BCUT2D eigenvalue weighted by Crippen LogP contribution is -2.14. The summed E-state index contributed by atoms with van der Waals surface area (Å²) in [5.74, 6) is -0.178. The van der Waals surface area contributed by atoms with Gasteiger partial charge < -0.3 is 5.32 Å². The highest BCUT2D eigenvalue weighted by Gasteiger charge is 2.13. The van der Waals surface area contributed by atoms with E-state index in [1.54, 1.807) is 58.7 Å². The Morgan fingerprint density at radius 1 is 1.09 bits per heavy atom. The van der Waals surface area contributed by atoms with Crippen LogP contribution in [0.4, 0.5) is 5.69 Å². The molecule has 0 radical (unpaired) electrons. The molecule has 178 valence electrons. The molecule has 4 aromatic rings. The van der Waals surface area contributed by atoms with Crippen LogP contribution < -0.4 is 5.32 Å². The fraction of sp³-hybridized carbons (Fsp3) is 0.160. The predicted octanol–water partition coefficient (Wildman–Crippen LogP) is 4.62. The lowest BCUT2D eigenvalue weighted by Gasteiger charge is -2.06. The van der Waals surface area contributed by atoms with Crippen molar-refractivity contribution in [2.24, 2.45) is 0 Å². The van der Waals surface area contributed by atoms with E-state index in [2.05, 4.69) is 15.4 Å². The second-order valence-electron chi connectivity index (χ2n) is 7.48. The van der Waals surface area contributed by atoms with Crippen LogP contribution >= 0.6 is 22.9 Å². The molecule has 0 saturated heterocycles. The Hall–Kier alpha value is -3.91. The molecule has 1 N–H and O–H groups in total. The van der Waals surface area contributed by atoms with Crippen molar-refractivity contribution in [3.8, 4) is 5.69 Å². The van der Waals surface area contributed by atoms with Crippen LogP contribution in [0.1, 0.15) is 31.5 Å². The van der Waals surface area contributed by atoms with Gasteiger partial charge in [-0.1, -0.05) is 35.9 Å². The lowest BCUT2D eigenvalue weighted by molar-refractivity contribution is -0.191. The molecule has 4 rings (SSSR count). The number of hydrogen-bond acceptors (Lipinski definition) is 7. The number of Topliss-reactive ketones (excluding diaryl/α,β-unsaturated/α-hetero) is 1. The minimum absolute atomic E-state index is 0.00657. The highest BCUT2D eigenvalue weighted by atomic mass is 35.5. The third kappa shape index (κ3) is 7.04. The van der Waals surface area contributed by atoms with E-state index in [9.17, 15) is 9.59 Å². The Bertz CT molecular complexity index is 1370. The number of nitrogens with zero attached hydrogens (tertiary/aromatic N) is 3. The van der Waals surface area contributed by atoms with Crippen molar-refractivity contribution in [1.82, 2.24) is 14.8 Å². The molecular weight excluding hydrogens is 488 g/mol. The van der Waals surface area contributed by atoms with E-state index >= 15 is 0 Å². The second kappa shape index (κ2) is 12.0. The first-order valence-electron chi connectivity index (χ1n) is 10.4. The highest BCUT2D eigenvalue weighted by Crippen LogP contribution is 2.21. The number of para-hydroxylation sites is 1. The summed E-state index contributed by atoms with van der Waals surface area (Å²) in [6.07, 6.45) is 4.10. The first-order chi connectivity index (χ1) is 16.8. The normalized spacial score (nSPS) is 10.1. The van der Waals surface area contributed by atoms with Crippen molar-refractivity contribution in [1.29, 1.82) is 0 Å². The third-order valence-electron chi connectivity index (χ3n) is 4.97. The summed E-state index contributed by atoms with van der Waals surface area (Å²) in [5, 5.41) is 8.46. The number of aromatic nitrogens is 3. The van der Waals surface area contributed by atoms with Gasteiger partial charge in [0.05, 0.1) is 41.1 Å².